The summed E-state index contributed by atoms with van der Waals surface area (Å²) in [6.07, 6.45) is 1.08. The lowest BCUT2D eigenvalue weighted by molar-refractivity contribution is 0.0699. The maximum absolute atomic E-state index is 12.7. The summed E-state index contributed by atoms with van der Waals surface area (Å²) in [6, 6.07) is 12.4. The molecule has 3 aromatic rings. The number of carboxylic acids is 1. The Morgan fingerprint density at radius 2 is 1.73 bits per heavy atom. The Kier molecular flexibility index (Phi) is 3.42. The molecule has 0 fully saturated rings. The van der Waals surface area contributed by atoms with Gasteiger partial charge in [-0.25, -0.2) is 17.2 Å². The fourth-order valence-corrected chi connectivity index (χ4v) is 4.00. The Hall–Kier alpha value is -2.31. The number of rotatable bonds is 3. The zero-order valence-corrected chi connectivity index (χ0v) is 12.7. The molecular formula is C15H10ClNO4S. The Morgan fingerprint density at radius 1 is 1.05 bits per heavy atom. The Morgan fingerprint density at radius 3 is 2.36 bits per heavy atom. The Labute approximate surface area is 131 Å². The predicted molar refractivity (Wildman–Crippen MR) is 82.9 cm³/mol. The van der Waals surface area contributed by atoms with Crippen molar-refractivity contribution in [2.24, 2.45) is 0 Å². The van der Waals surface area contributed by atoms with E-state index < -0.39 is 16.0 Å². The second-order valence-corrected chi connectivity index (χ2v) is 6.82. The molecule has 0 aliphatic carbocycles. The van der Waals surface area contributed by atoms with E-state index in [-0.39, 0.29) is 26.4 Å². The van der Waals surface area contributed by atoms with Gasteiger partial charge in [0.2, 0.25) is 0 Å². The van der Waals surface area contributed by atoms with E-state index in [1.165, 1.54) is 24.3 Å². The van der Waals surface area contributed by atoms with Crippen molar-refractivity contribution in [2.75, 3.05) is 0 Å². The zero-order valence-electron chi connectivity index (χ0n) is 11.1. The molecule has 0 atom stereocenters. The highest BCUT2D eigenvalue weighted by Crippen LogP contribution is 2.31. The monoisotopic (exact) mass is 335 g/mol. The molecule has 22 heavy (non-hydrogen) atoms. The van der Waals surface area contributed by atoms with E-state index in [0.717, 1.165) is 10.2 Å². The third kappa shape index (κ3) is 2.17. The van der Waals surface area contributed by atoms with E-state index in [1.54, 1.807) is 24.3 Å². The smallest absolute Gasteiger partial charge is 0.337 e. The summed E-state index contributed by atoms with van der Waals surface area (Å²) in [5.74, 6) is -1.21. The molecule has 1 heterocycles. The van der Waals surface area contributed by atoms with Crippen molar-refractivity contribution < 1.29 is 18.3 Å². The van der Waals surface area contributed by atoms with Crippen LogP contribution in [0.25, 0.3) is 10.9 Å². The largest absolute Gasteiger partial charge is 0.478 e. The number of carboxylic acid groups (broad SMARTS) is 1. The molecule has 0 amide bonds. The summed E-state index contributed by atoms with van der Waals surface area (Å²) in [6.45, 7) is 0. The normalized spacial score (nSPS) is 11.7. The molecule has 2 aromatic carbocycles. The highest BCUT2D eigenvalue weighted by molar-refractivity contribution is 7.90. The number of aromatic nitrogens is 1. The number of para-hydroxylation sites is 1. The first kappa shape index (κ1) is 14.6. The molecule has 112 valence electrons. The zero-order chi connectivity index (χ0) is 15.9. The second kappa shape index (κ2) is 5.15. The molecule has 1 aromatic heterocycles. The maximum Gasteiger partial charge on any atom is 0.337 e. The van der Waals surface area contributed by atoms with Crippen molar-refractivity contribution in [3.63, 3.8) is 0 Å². The quantitative estimate of drug-likeness (QED) is 0.797. The third-order valence-electron chi connectivity index (χ3n) is 3.27. The van der Waals surface area contributed by atoms with Crippen molar-refractivity contribution in [1.82, 2.24) is 3.97 Å². The van der Waals surface area contributed by atoms with Crippen molar-refractivity contribution >= 4 is 38.5 Å². The standard InChI is InChI=1S/C15H10ClNO4S/c16-13-8-4-7-11-12(15(18)19)9-17(14(11)13)22(20,21)10-5-2-1-3-6-10/h1-9H,(H,18,19). The number of hydrogen-bond donors (Lipinski definition) is 1. The lowest BCUT2D eigenvalue weighted by Gasteiger charge is -2.08. The van der Waals surface area contributed by atoms with Gasteiger partial charge >= 0.3 is 5.97 Å². The number of carbonyl (C=O) groups is 1. The minimum Gasteiger partial charge on any atom is -0.478 e. The van der Waals surface area contributed by atoms with E-state index in [0.29, 0.717) is 0 Å². The van der Waals surface area contributed by atoms with Gasteiger partial charge < -0.3 is 5.11 Å². The van der Waals surface area contributed by atoms with E-state index in [4.69, 9.17) is 11.6 Å². The second-order valence-electron chi connectivity index (χ2n) is 4.60. The molecule has 0 radical (unpaired) electrons. The number of hydrogen-bond acceptors (Lipinski definition) is 3. The topological polar surface area (TPSA) is 76.4 Å². The van der Waals surface area contributed by atoms with E-state index in [1.807, 2.05) is 0 Å². The van der Waals surface area contributed by atoms with Gasteiger partial charge in [-0.1, -0.05) is 41.9 Å². The van der Waals surface area contributed by atoms with Gasteiger partial charge in [0.15, 0.2) is 0 Å². The van der Waals surface area contributed by atoms with Crippen LogP contribution in [0, 0.1) is 0 Å². The van der Waals surface area contributed by atoms with Crippen LogP contribution >= 0.6 is 11.6 Å². The summed E-state index contributed by atoms with van der Waals surface area (Å²) in [7, 11) is -3.93. The van der Waals surface area contributed by atoms with Gasteiger partial charge in [-0.05, 0) is 18.2 Å². The minimum atomic E-state index is -3.93. The van der Waals surface area contributed by atoms with E-state index in [2.05, 4.69) is 0 Å². The Balaban J connectivity index is 2.40. The molecule has 5 nitrogen and oxygen atoms in total. The van der Waals surface area contributed by atoms with Gasteiger partial charge in [-0.15, -0.1) is 0 Å². The lowest BCUT2D eigenvalue weighted by Crippen LogP contribution is -2.12. The first-order valence-corrected chi connectivity index (χ1v) is 8.08. The van der Waals surface area contributed by atoms with Crippen molar-refractivity contribution in [3.05, 3.63) is 65.3 Å². The van der Waals surface area contributed by atoms with Gasteiger partial charge in [0.1, 0.15) is 0 Å². The highest BCUT2D eigenvalue weighted by Gasteiger charge is 2.24. The van der Waals surface area contributed by atoms with Crippen LogP contribution < -0.4 is 0 Å². The fourth-order valence-electron chi connectivity index (χ4n) is 2.27. The molecule has 0 spiro atoms. The van der Waals surface area contributed by atoms with Crippen LogP contribution in [0.3, 0.4) is 0 Å². The maximum atomic E-state index is 12.7. The van der Waals surface area contributed by atoms with E-state index in [9.17, 15) is 18.3 Å². The summed E-state index contributed by atoms with van der Waals surface area (Å²) in [5, 5.41) is 9.72. The van der Waals surface area contributed by atoms with Crippen LogP contribution in [0.2, 0.25) is 5.02 Å². The fraction of sp³-hybridized carbons (Fsp3) is 0. The van der Waals surface area contributed by atoms with Crippen LogP contribution in [0.5, 0.6) is 0 Å². The van der Waals surface area contributed by atoms with Gasteiger partial charge in [0.05, 0.1) is 21.0 Å². The van der Waals surface area contributed by atoms with Gasteiger partial charge in [0, 0.05) is 11.6 Å². The van der Waals surface area contributed by atoms with Gasteiger partial charge in [-0.2, -0.15) is 0 Å². The lowest BCUT2D eigenvalue weighted by atomic mass is 10.2. The van der Waals surface area contributed by atoms with Crippen LogP contribution in [0.15, 0.2) is 59.6 Å². The molecule has 0 aliphatic heterocycles. The number of nitrogens with zero attached hydrogens (tertiary/aromatic N) is 1. The predicted octanol–water partition coefficient (Wildman–Crippen LogP) is 3.23. The van der Waals surface area contributed by atoms with Crippen LogP contribution in [0.1, 0.15) is 10.4 Å². The van der Waals surface area contributed by atoms with Crippen LogP contribution in [-0.4, -0.2) is 23.5 Å². The van der Waals surface area contributed by atoms with Gasteiger partial charge in [0.25, 0.3) is 10.0 Å². The summed E-state index contributed by atoms with van der Waals surface area (Å²) < 4.78 is 26.4. The summed E-state index contributed by atoms with van der Waals surface area (Å²) in [4.78, 5) is 11.4. The average Bonchev–Trinajstić information content (AvgIpc) is 2.90. The summed E-state index contributed by atoms with van der Waals surface area (Å²) in [5.41, 5.74) is 0.0439. The molecule has 0 unspecified atom stereocenters. The van der Waals surface area contributed by atoms with Gasteiger partial charge in [-0.3, -0.25) is 0 Å². The first-order chi connectivity index (χ1) is 10.4. The van der Waals surface area contributed by atoms with Crippen molar-refractivity contribution in [3.8, 4) is 0 Å². The Bertz CT molecular complexity index is 977. The molecule has 0 saturated carbocycles. The minimum absolute atomic E-state index is 0.0590. The third-order valence-corrected chi connectivity index (χ3v) is 5.25. The van der Waals surface area contributed by atoms with Crippen LogP contribution in [0.4, 0.5) is 0 Å². The summed E-state index contributed by atoms with van der Waals surface area (Å²) >= 11 is 6.10. The average molecular weight is 336 g/mol. The number of halogens is 1. The molecule has 7 heteroatoms. The van der Waals surface area contributed by atoms with Crippen LogP contribution in [-0.2, 0) is 10.0 Å². The first-order valence-electron chi connectivity index (χ1n) is 6.26. The molecule has 0 aliphatic rings. The number of aromatic carboxylic acids is 1. The van der Waals surface area contributed by atoms with Crippen molar-refractivity contribution in [2.45, 2.75) is 4.90 Å². The number of fused-ring (bicyclic) bond motifs is 1. The molecule has 1 N–H and O–H groups in total. The van der Waals surface area contributed by atoms with Crippen molar-refractivity contribution in [1.29, 1.82) is 0 Å². The molecule has 0 bridgehead atoms. The molecule has 3 rings (SSSR count). The highest BCUT2D eigenvalue weighted by atomic mass is 35.5. The molecule has 0 saturated heterocycles. The van der Waals surface area contributed by atoms with E-state index >= 15 is 0 Å². The molecular weight excluding hydrogens is 326 g/mol. The SMILES string of the molecule is O=C(O)c1cn(S(=O)(=O)c2ccccc2)c2c(Cl)cccc12. The number of benzene rings is 2.